The molecule has 0 saturated carbocycles. The highest BCUT2D eigenvalue weighted by Crippen LogP contribution is 2.27. The summed E-state index contributed by atoms with van der Waals surface area (Å²) in [7, 11) is 1.81. The van der Waals surface area contributed by atoms with Crippen LogP contribution in [0.1, 0.15) is 46.7 Å². The third-order valence-electron chi connectivity index (χ3n) is 4.43. The summed E-state index contributed by atoms with van der Waals surface area (Å²) >= 11 is 6.05. The summed E-state index contributed by atoms with van der Waals surface area (Å²) in [6, 6.07) is 7.60. The van der Waals surface area contributed by atoms with Gasteiger partial charge in [-0.15, -0.1) is 0 Å². The van der Waals surface area contributed by atoms with Crippen molar-refractivity contribution in [3.05, 3.63) is 57.4 Å². The number of aliphatic carboxylic acids is 1. The average molecular weight is 378 g/mol. The Morgan fingerprint density at radius 3 is 2.50 bits per heavy atom. The molecule has 0 unspecified atom stereocenters. The van der Waals surface area contributed by atoms with Crippen LogP contribution >= 0.6 is 11.6 Å². The molecule has 2 rings (SSSR count). The summed E-state index contributed by atoms with van der Waals surface area (Å²) in [5, 5.41) is 9.93. The smallest absolute Gasteiger partial charge is 0.340 e. The van der Waals surface area contributed by atoms with Crippen LogP contribution < -0.4 is 0 Å². The highest BCUT2D eigenvalue weighted by atomic mass is 35.5. The second-order valence-electron chi connectivity index (χ2n) is 6.08. The van der Waals surface area contributed by atoms with Gasteiger partial charge in [-0.05, 0) is 49.4 Å². The number of rotatable bonds is 8. The van der Waals surface area contributed by atoms with E-state index in [-0.39, 0.29) is 13.0 Å². The molecule has 26 heavy (non-hydrogen) atoms. The van der Waals surface area contributed by atoms with Crippen LogP contribution in [0.4, 0.5) is 0 Å². The quantitative estimate of drug-likeness (QED) is 0.710. The van der Waals surface area contributed by atoms with E-state index in [1.807, 2.05) is 42.8 Å². The number of carbonyl (C=O) groups is 2. The van der Waals surface area contributed by atoms with Crippen LogP contribution in [0.3, 0.4) is 0 Å². The molecule has 2 aromatic rings. The monoisotopic (exact) mass is 377 g/mol. The Balaban J connectivity index is 2.47. The Morgan fingerprint density at radius 1 is 1.19 bits per heavy atom. The van der Waals surface area contributed by atoms with Gasteiger partial charge in [0.1, 0.15) is 0 Å². The number of hydrogen-bond acceptors (Lipinski definition) is 3. The van der Waals surface area contributed by atoms with Gasteiger partial charge in [0.15, 0.2) is 0 Å². The van der Waals surface area contributed by atoms with Gasteiger partial charge in [-0.25, -0.2) is 4.79 Å². The van der Waals surface area contributed by atoms with Crippen LogP contribution in [0.5, 0.6) is 0 Å². The molecule has 0 amide bonds. The Hall–Kier alpha value is -2.27. The summed E-state index contributed by atoms with van der Waals surface area (Å²) in [4.78, 5) is 23.9. The maximum Gasteiger partial charge on any atom is 0.340 e. The number of carboxylic acids is 1. The minimum atomic E-state index is -0.972. The molecule has 140 valence electrons. The standard InChI is InChI=1S/C20H24ClNO4/c1-4-16-15(10-9-13-7-6-8-14(21)11-13)19(20(25)26-5-2)17(22(16)3)12-18(23)24/h6-8,11H,4-5,9-10,12H2,1-3H3,(H,23,24). The van der Waals surface area contributed by atoms with E-state index < -0.39 is 11.9 Å². The van der Waals surface area contributed by atoms with E-state index in [2.05, 4.69) is 0 Å². The lowest BCUT2D eigenvalue weighted by Gasteiger charge is -2.08. The molecule has 0 fully saturated rings. The lowest BCUT2D eigenvalue weighted by Crippen LogP contribution is -2.13. The normalized spacial score (nSPS) is 10.8. The predicted octanol–water partition coefficient (Wildman–Crippen LogP) is 3.83. The van der Waals surface area contributed by atoms with E-state index in [0.29, 0.717) is 35.5 Å². The fourth-order valence-electron chi connectivity index (χ4n) is 3.33. The molecule has 0 aliphatic heterocycles. The van der Waals surface area contributed by atoms with E-state index in [4.69, 9.17) is 16.3 Å². The molecule has 0 bridgehead atoms. The zero-order chi connectivity index (χ0) is 19.3. The van der Waals surface area contributed by atoms with Crippen molar-refractivity contribution in [1.29, 1.82) is 0 Å². The number of halogens is 1. The molecule has 1 aromatic heterocycles. The molecule has 0 saturated heterocycles. The van der Waals surface area contributed by atoms with Crippen molar-refractivity contribution in [1.82, 2.24) is 4.57 Å². The molecule has 5 nitrogen and oxygen atoms in total. The maximum absolute atomic E-state index is 12.6. The minimum absolute atomic E-state index is 0.213. The second kappa shape index (κ2) is 8.90. The van der Waals surface area contributed by atoms with E-state index in [0.717, 1.165) is 16.8 Å². The molecule has 1 heterocycles. The molecule has 0 aliphatic rings. The molecular formula is C20H24ClNO4. The van der Waals surface area contributed by atoms with Crippen LogP contribution in [-0.4, -0.2) is 28.2 Å². The first-order chi connectivity index (χ1) is 12.4. The summed E-state index contributed by atoms with van der Waals surface area (Å²) < 4.78 is 7.04. The SMILES string of the molecule is CCOC(=O)c1c(CCc2cccc(Cl)c2)c(CC)n(C)c1CC(=O)O. The highest BCUT2D eigenvalue weighted by molar-refractivity contribution is 6.30. The van der Waals surface area contributed by atoms with Gasteiger partial charge in [0.05, 0.1) is 18.6 Å². The summed E-state index contributed by atoms with van der Waals surface area (Å²) in [6.45, 7) is 3.98. The largest absolute Gasteiger partial charge is 0.481 e. The van der Waals surface area contributed by atoms with Gasteiger partial charge >= 0.3 is 11.9 Å². The molecule has 1 N–H and O–H groups in total. The lowest BCUT2D eigenvalue weighted by atomic mass is 9.98. The molecule has 0 radical (unpaired) electrons. The van der Waals surface area contributed by atoms with E-state index >= 15 is 0 Å². The zero-order valence-corrected chi connectivity index (χ0v) is 16.1. The van der Waals surface area contributed by atoms with Crippen molar-refractivity contribution in [2.24, 2.45) is 7.05 Å². The predicted molar refractivity (Wildman–Crippen MR) is 101 cm³/mol. The number of aromatic nitrogens is 1. The Bertz CT molecular complexity index is 810. The van der Waals surface area contributed by atoms with Crippen LogP contribution in [0.15, 0.2) is 24.3 Å². The topological polar surface area (TPSA) is 68.5 Å². The first-order valence-electron chi connectivity index (χ1n) is 8.71. The van der Waals surface area contributed by atoms with Crippen molar-refractivity contribution >= 4 is 23.5 Å². The highest BCUT2D eigenvalue weighted by Gasteiger charge is 2.27. The molecule has 6 heteroatoms. The summed E-state index contributed by atoms with van der Waals surface area (Å²) in [5.41, 5.74) is 3.79. The summed E-state index contributed by atoms with van der Waals surface area (Å²) in [5.74, 6) is -1.43. The number of benzene rings is 1. The van der Waals surface area contributed by atoms with Gasteiger partial charge < -0.3 is 14.4 Å². The molecular weight excluding hydrogens is 354 g/mol. The van der Waals surface area contributed by atoms with E-state index in [9.17, 15) is 14.7 Å². The van der Waals surface area contributed by atoms with Crippen molar-refractivity contribution in [2.75, 3.05) is 6.61 Å². The minimum Gasteiger partial charge on any atom is -0.481 e. The fraction of sp³-hybridized carbons (Fsp3) is 0.400. The number of carbonyl (C=O) groups excluding carboxylic acids is 1. The van der Waals surface area contributed by atoms with Crippen molar-refractivity contribution in [3.8, 4) is 0 Å². The molecule has 0 spiro atoms. The van der Waals surface area contributed by atoms with Crippen molar-refractivity contribution in [3.63, 3.8) is 0 Å². The number of esters is 1. The molecule has 0 aliphatic carbocycles. The van der Waals surface area contributed by atoms with Crippen molar-refractivity contribution in [2.45, 2.75) is 39.5 Å². The third kappa shape index (κ3) is 4.47. The molecule has 1 aromatic carbocycles. The van der Waals surface area contributed by atoms with Gasteiger partial charge in [-0.1, -0.05) is 30.7 Å². The Labute approximate surface area is 158 Å². The van der Waals surface area contributed by atoms with Gasteiger partial charge in [0, 0.05) is 23.5 Å². The number of carboxylic acid groups (broad SMARTS) is 1. The Kier molecular flexibility index (Phi) is 6.86. The van der Waals surface area contributed by atoms with Crippen LogP contribution in [0.2, 0.25) is 5.02 Å². The van der Waals surface area contributed by atoms with Crippen LogP contribution in [0.25, 0.3) is 0 Å². The first-order valence-corrected chi connectivity index (χ1v) is 9.09. The number of nitrogens with zero attached hydrogens (tertiary/aromatic N) is 1. The van der Waals surface area contributed by atoms with Crippen molar-refractivity contribution < 1.29 is 19.4 Å². The van der Waals surface area contributed by atoms with Gasteiger partial charge in [0.25, 0.3) is 0 Å². The summed E-state index contributed by atoms with van der Waals surface area (Å²) in [6.07, 6.45) is 1.81. The zero-order valence-electron chi connectivity index (χ0n) is 15.3. The first kappa shape index (κ1) is 20.0. The van der Waals surface area contributed by atoms with Gasteiger partial charge in [0.2, 0.25) is 0 Å². The van der Waals surface area contributed by atoms with Crippen LogP contribution in [-0.2, 0) is 42.3 Å². The second-order valence-corrected chi connectivity index (χ2v) is 6.52. The Morgan fingerprint density at radius 2 is 1.92 bits per heavy atom. The number of hydrogen-bond donors (Lipinski definition) is 1. The molecule has 0 atom stereocenters. The number of aryl methyl sites for hydroxylation is 1. The van der Waals surface area contributed by atoms with Gasteiger partial charge in [-0.3, -0.25) is 4.79 Å². The fourth-order valence-corrected chi connectivity index (χ4v) is 3.54. The maximum atomic E-state index is 12.6. The van der Waals surface area contributed by atoms with E-state index in [1.54, 1.807) is 6.92 Å². The van der Waals surface area contributed by atoms with Gasteiger partial charge in [-0.2, -0.15) is 0 Å². The average Bonchev–Trinajstić information content (AvgIpc) is 2.84. The third-order valence-corrected chi connectivity index (χ3v) is 4.67. The van der Waals surface area contributed by atoms with Crippen LogP contribution in [0, 0.1) is 0 Å². The lowest BCUT2D eigenvalue weighted by molar-refractivity contribution is -0.136. The number of ether oxygens (including phenoxy) is 1. The van der Waals surface area contributed by atoms with E-state index in [1.165, 1.54) is 0 Å².